The fraction of sp³-hybridized carbons (Fsp3) is 0. The van der Waals surface area contributed by atoms with Crippen LogP contribution in [0.15, 0.2) is 35.4 Å². The van der Waals surface area contributed by atoms with Crippen molar-refractivity contribution in [3.8, 4) is 0 Å². The van der Waals surface area contributed by atoms with E-state index >= 15 is 0 Å². The van der Waals surface area contributed by atoms with E-state index in [1.165, 1.54) is 0 Å². The molecule has 0 atom stereocenters. The molecular formula is C9H7ClN4S. The second-order valence-corrected chi connectivity index (χ2v) is 4.02. The van der Waals surface area contributed by atoms with Crippen LogP contribution in [0.5, 0.6) is 0 Å². The van der Waals surface area contributed by atoms with Crippen molar-refractivity contribution in [1.29, 1.82) is 0 Å². The van der Waals surface area contributed by atoms with Gasteiger partial charge in [-0.25, -0.2) is 0 Å². The zero-order valence-electron chi connectivity index (χ0n) is 7.59. The highest BCUT2D eigenvalue weighted by Gasteiger charge is 2.00. The largest absolute Gasteiger partial charge is 0.278 e. The molecule has 0 aliphatic carbocycles. The van der Waals surface area contributed by atoms with Crippen LogP contribution in [0.3, 0.4) is 0 Å². The Morgan fingerprint density at radius 3 is 2.80 bits per heavy atom. The van der Waals surface area contributed by atoms with Crippen molar-refractivity contribution in [3.63, 3.8) is 0 Å². The minimum Gasteiger partial charge on any atom is -0.278 e. The van der Waals surface area contributed by atoms with Crippen LogP contribution in [0.4, 0.5) is 5.69 Å². The lowest BCUT2D eigenvalue weighted by Crippen LogP contribution is -1.90. The molecule has 76 valence electrons. The van der Waals surface area contributed by atoms with E-state index in [1.807, 2.05) is 30.3 Å². The smallest absolute Gasteiger partial charge is 0.143 e. The predicted molar refractivity (Wildman–Crippen MR) is 62.6 cm³/mol. The molecule has 1 aromatic carbocycles. The molecule has 0 aliphatic heterocycles. The molecule has 15 heavy (non-hydrogen) atoms. The molecule has 0 fully saturated rings. The maximum absolute atomic E-state index is 5.80. The first kappa shape index (κ1) is 10.1. The number of halogens is 1. The van der Waals surface area contributed by atoms with E-state index in [0.717, 1.165) is 17.2 Å². The van der Waals surface area contributed by atoms with E-state index in [9.17, 15) is 0 Å². The summed E-state index contributed by atoms with van der Waals surface area (Å²) in [6.07, 6.45) is 1.54. The molecule has 2 aromatic rings. The highest BCUT2D eigenvalue weighted by molar-refractivity contribution is 7.10. The second-order valence-electron chi connectivity index (χ2n) is 2.67. The van der Waals surface area contributed by atoms with Gasteiger partial charge in [-0.2, -0.15) is 5.10 Å². The minimum absolute atomic E-state index is 0.536. The average Bonchev–Trinajstić information content (AvgIpc) is 2.66. The lowest BCUT2D eigenvalue weighted by Gasteiger charge is -1.96. The molecule has 2 rings (SSSR count). The van der Waals surface area contributed by atoms with E-state index < -0.39 is 0 Å². The van der Waals surface area contributed by atoms with Gasteiger partial charge in [-0.15, -0.1) is 5.10 Å². The van der Waals surface area contributed by atoms with Crippen LogP contribution in [-0.2, 0) is 0 Å². The van der Waals surface area contributed by atoms with E-state index in [4.69, 9.17) is 11.6 Å². The van der Waals surface area contributed by atoms with Crippen molar-refractivity contribution in [2.45, 2.75) is 0 Å². The van der Waals surface area contributed by atoms with Crippen LogP contribution in [-0.4, -0.2) is 15.8 Å². The Morgan fingerprint density at radius 1 is 1.33 bits per heavy atom. The lowest BCUT2D eigenvalue weighted by molar-refractivity contribution is 1.14. The fourth-order valence-corrected chi connectivity index (χ4v) is 1.51. The van der Waals surface area contributed by atoms with Crippen LogP contribution in [0.1, 0.15) is 5.69 Å². The van der Waals surface area contributed by atoms with Crippen LogP contribution in [0.25, 0.3) is 0 Å². The van der Waals surface area contributed by atoms with Crippen molar-refractivity contribution in [1.82, 2.24) is 9.59 Å². The topological polar surface area (TPSA) is 50.2 Å². The molecule has 1 heterocycles. The van der Waals surface area contributed by atoms with Gasteiger partial charge in [0.05, 0.1) is 11.9 Å². The number of nitrogens with one attached hydrogen (secondary N) is 1. The standard InChI is InChI=1S/C9H7ClN4S/c10-9-8(13-14-15-9)6-11-12-7-4-2-1-3-5-7/h1-6,12H/b11-6+. The average molecular weight is 239 g/mol. The summed E-state index contributed by atoms with van der Waals surface area (Å²) in [5.41, 5.74) is 4.34. The van der Waals surface area contributed by atoms with Gasteiger partial charge in [0.2, 0.25) is 0 Å². The summed E-state index contributed by atoms with van der Waals surface area (Å²) in [5.74, 6) is 0. The van der Waals surface area contributed by atoms with Crippen molar-refractivity contribution in [2.24, 2.45) is 5.10 Å². The van der Waals surface area contributed by atoms with Gasteiger partial charge >= 0.3 is 0 Å². The van der Waals surface area contributed by atoms with Crippen molar-refractivity contribution in [3.05, 3.63) is 40.4 Å². The number of aromatic nitrogens is 2. The molecule has 0 unspecified atom stereocenters. The fourth-order valence-electron chi connectivity index (χ4n) is 0.944. The molecule has 0 saturated heterocycles. The Bertz CT molecular complexity index is 454. The highest BCUT2D eigenvalue weighted by Crippen LogP contribution is 2.15. The number of benzene rings is 1. The maximum atomic E-state index is 5.80. The van der Waals surface area contributed by atoms with Gasteiger partial charge in [-0.3, -0.25) is 5.43 Å². The van der Waals surface area contributed by atoms with Gasteiger partial charge in [0.25, 0.3) is 0 Å². The zero-order chi connectivity index (χ0) is 10.5. The molecule has 1 aromatic heterocycles. The third-order valence-electron chi connectivity index (χ3n) is 1.63. The van der Waals surface area contributed by atoms with Crippen molar-refractivity contribution < 1.29 is 0 Å². The van der Waals surface area contributed by atoms with Crippen LogP contribution in [0, 0.1) is 0 Å². The van der Waals surface area contributed by atoms with Gasteiger partial charge in [-0.05, 0) is 12.1 Å². The molecule has 0 aliphatic rings. The first-order chi connectivity index (χ1) is 7.36. The second kappa shape index (κ2) is 4.86. The summed E-state index contributed by atoms with van der Waals surface area (Å²) < 4.78 is 4.22. The number of para-hydroxylation sites is 1. The van der Waals surface area contributed by atoms with Crippen molar-refractivity contribution in [2.75, 3.05) is 5.43 Å². The monoisotopic (exact) mass is 238 g/mol. The van der Waals surface area contributed by atoms with E-state index in [1.54, 1.807) is 6.21 Å². The first-order valence-corrected chi connectivity index (χ1v) is 5.33. The molecule has 0 amide bonds. The summed E-state index contributed by atoms with van der Waals surface area (Å²) in [6.45, 7) is 0. The van der Waals surface area contributed by atoms with Crippen LogP contribution in [0.2, 0.25) is 4.34 Å². The molecule has 0 spiro atoms. The third kappa shape index (κ3) is 2.74. The number of rotatable bonds is 3. The Labute approximate surface area is 95.8 Å². The van der Waals surface area contributed by atoms with Crippen molar-refractivity contribution >= 4 is 35.0 Å². The lowest BCUT2D eigenvalue weighted by atomic mass is 10.3. The number of hydrogen-bond donors (Lipinski definition) is 1. The third-order valence-corrected chi connectivity index (χ3v) is 2.56. The zero-order valence-corrected chi connectivity index (χ0v) is 9.16. The van der Waals surface area contributed by atoms with Gasteiger partial charge in [0.1, 0.15) is 10.0 Å². The molecule has 0 saturated carbocycles. The van der Waals surface area contributed by atoms with Gasteiger partial charge in [0, 0.05) is 11.5 Å². The summed E-state index contributed by atoms with van der Waals surface area (Å²) in [6, 6.07) is 9.62. The summed E-state index contributed by atoms with van der Waals surface area (Å²) >= 11 is 6.93. The Hall–Kier alpha value is -1.46. The van der Waals surface area contributed by atoms with E-state index in [-0.39, 0.29) is 0 Å². The summed E-state index contributed by atoms with van der Waals surface area (Å²) in [5, 5.41) is 7.78. The Morgan fingerprint density at radius 2 is 2.13 bits per heavy atom. The normalized spacial score (nSPS) is 10.7. The summed E-state index contributed by atoms with van der Waals surface area (Å²) in [7, 11) is 0. The number of nitrogens with zero attached hydrogens (tertiary/aromatic N) is 3. The minimum atomic E-state index is 0.536. The van der Waals surface area contributed by atoms with Gasteiger partial charge in [0.15, 0.2) is 0 Å². The molecule has 4 nitrogen and oxygen atoms in total. The molecular weight excluding hydrogens is 232 g/mol. The SMILES string of the molecule is Clc1snnc1/C=N/Nc1ccccc1. The first-order valence-electron chi connectivity index (χ1n) is 4.18. The molecule has 0 radical (unpaired) electrons. The van der Waals surface area contributed by atoms with E-state index in [2.05, 4.69) is 20.1 Å². The molecule has 0 bridgehead atoms. The predicted octanol–water partition coefficient (Wildman–Crippen LogP) is 2.64. The molecule has 6 heteroatoms. The number of hydrazone groups is 1. The number of anilines is 1. The van der Waals surface area contributed by atoms with Gasteiger partial charge < -0.3 is 0 Å². The Balaban J connectivity index is 2.00. The van der Waals surface area contributed by atoms with E-state index in [0.29, 0.717) is 10.0 Å². The van der Waals surface area contributed by atoms with Crippen LogP contribution >= 0.6 is 23.1 Å². The summed E-state index contributed by atoms with van der Waals surface area (Å²) in [4.78, 5) is 0. The number of hydrogen-bond acceptors (Lipinski definition) is 5. The molecule has 1 N–H and O–H groups in total. The van der Waals surface area contributed by atoms with Crippen LogP contribution < -0.4 is 5.43 Å². The maximum Gasteiger partial charge on any atom is 0.143 e. The van der Waals surface area contributed by atoms with Gasteiger partial charge in [-0.1, -0.05) is 34.3 Å². The highest BCUT2D eigenvalue weighted by atomic mass is 35.5. The quantitative estimate of drug-likeness (QED) is 0.661. The Kier molecular flexibility index (Phi) is 3.26.